The summed E-state index contributed by atoms with van der Waals surface area (Å²) in [6, 6.07) is -0.337. The first-order chi connectivity index (χ1) is 8.41. The van der Waals surface area contributed by atoms with Crippen LogP contribution >= 0.6 is 0 Å². The van der Waals surface area contributed by atoms with Gasteiger partial charge in [-0.2, -0.15) is 0 Å². The zero-order chi connectivity index (χ0) is 13.4. The Morgan fingerprint density at radius 2 is 2.06 bits per heavy atom. The number of urea groups is 1. The molecular weight excluding hydrogens is 258 g/mol. The second-order valence-corrected chi connectivity index (χ2v) is 6.94. The standard InChI is InChI=1S/C10H17N3O4S/c1-17-5-4-13-9(14)12-8(11)10(13)2-6-18(15,16)7-3-10/h2-7H2,1H3,(H2,11,12,14). The van der Waals surface area contributed by atoms with Crippen LogP contribution in [0.4, 0.5) is 4.79 Å². The molecule has 0 aromatic heterocycles. The van der Waals surface area contributed by atoms with Crippen LogP contribution in [0, 0.1) is 5.41 Å². The van der Waals surface area contributed by atoms with E-state index >= 15 is 0 Å². The number of hydrogen-bond donors (Lipinski definition) is 2. The van der Waals surface area contributed by atoms with Crippen LogP contribution in [0.15, 0.2) is 0 Å². The van der Waals surface area contributed by atoms with Crippen molar-refractivity contribution in [3.05, 3.63) is 0 Å². The van der Waals surface area contributed by atoms with Crippen molar-refractivity contribution in [1.82, 2.24) is 10.2 Å². The van der Waals surface area contributed by atoms with Crippen LogP contribution in [0.2, 0.25) is 0 Å². The van der Waals surface area contributed by atoms with Gasteiger partial charge >= 0.3 is 6.03 Å². The molecule has 2 N–H and O–H groups in total. The minimum Gasteiger partial charge on any atom is -0.383 e. The molecule has 2 rings (SSSR count). The molecule has 0 atom stereocenters. The van der Waals surface area contributed by atoms with Gasteiger partial charge < -0.3 is 9.64 Å². The molecule has 2 saturated heterocycles. The van der Waals surface area contributed by atoms with Crippen LogP contribution in [0.5, 0.6) is 0 Å². The Morgan fingerprint density at radius 1 is 1.44 bits per heavy atom. The number of methoxy groups -OCH3 is 1. The molecule has 0 unspecified atom stereocenters. The van der Waals surface area contributed by atoms with E-state index in [2.05, 4.69) is 5.32 Å². The SMILES string of the molecule is COCCN1C(=O)NC(=N)C12CCS(=O)(=O)CC2. The third kappa shape index (κ3) is 2.10. The number of carbonyl (C=O) groups excluding carboxylic acids is 1. The monoisotopic (exact) mass is 275 g/mol. The third-order valence-electron chi connectivity index (χ3n) is 3.63. The van der Waals surface area contributed by atoms with E-state index in [4.69, 9.17) is 10.1 Å². The van der Waals surface area contributed by atoms with Gasteiger partial charge in [0.05, 0.1) is 18.1 Å². The molecule has 0 radical (unpaired) electrons. The topological polar surface area (TPSA) is 99.6 Å². The number of nitrogens with one attached hydrogen (secondary N) is 2. The molecule has 2 heterocycles. The van der Waals surface area contributed by atoms with E-state index in [0.717, 1.165) is 0 Å². The van der Waals surface area contributed by atoms with E-state index in [9.17, 15) is 13.2 Å². The second kappa shape index (κ2) is 4.51. The molecule has 8 heteroatoms. The highest BCUT2D eigenvalue weighted by Crippen LogP contribution is 2.34. The molecule has 0 aliphatic carbocycles. The molecule has 7 nitrogen and oxygen atoms in total. The minimum absolute atomic E-state index is 0.0216. The summed E-state index contributed by atoms with van der Waals surface area (Å²) in [4.78, 5) is 13.3. The maximum Gasteiger partial charge on any atom is 0.323 e. The lowest BCUT2D eigenvalue weighted by atomic mass is 9.90. The quantitative estimate of drug-likeness (QED) is 0.731. The number of sulfone groups is 1. The highest BCUT2D eigenvalue weighted by Gasteiger charge is 2.52. The second-order valence-electron chi connectivity index (χ2n) is 4.63. The van der Waals surface area contributed by atoms with Gasteiger partial charge in [0.25, 0.3) is 0 Å². The van der Waals surface area contributed by atoms with Gasteiger partial charge in [-0.1, -0.05) is 0 Å². The molecule has 2 aliphatic rings. The van der Waals surface area contributed by atoms with Crippen LogP contribution in [-0.2, 0) is 14.6 Å². The van der Waals surface area contributed by atoms with Crippen molar-refractivity contribution < 1.29 is 17.9 Å². The number of hydrogen-bond acceptors (Lipinski definition) is 5. The predicted octanol–water partition coefficient (Wildman–Crippen LogP) is -0.417. The molecule has 0 bridgehead atoms. The van der Waals surface area contributed by atoms with Crippen LogP contribution in [-0.4, -0.2) is 62.5 Å². The van der Waals surface area contributed by atoms with E-state index in [0.29, 0.717) is 13.2 Å². The lowest BCUT2D eigenvalue weighted by molar-refractivity contribution is 0.119. The number of carbonyl (C=O) groups is 1. The highest BCUT2D eigenvalue weighted by atomic mass is 32.2. The Hall–Kier alpha value is -1.15. The zero-order valence-corrected chi connectivity index (χ0v) is 11.0. The molecule has 2 aliphatic heterocycles. The Labute approximate surface area is 106 Å². The van der Waals surface area contributed by atoms with E-state index in [1.165, 1.54) is 12.0 Å². The van der Waals surface area contributed by atoms with Crippen molar-refractivity contribution >= 4 is 21.7 Å². The number of amides is 2. The number of ether oxygens (including phenoxy) is 1. The molecule has 0 aromatic carbocycles. The largest absolute Gasteiger partial charge is 0.383 e. The fraction of sp³-hybridized carbons (Fsp3) is 0.800. The molecule has 18 heavy (non-hydrogen) atoms. The third-order valence-corrected chi connectivity index (χ3v) is 5.28. The smallest absolute Gasteiger partial charge is 0.323 e. The van der Waals surface area contributed by atoms with Crippen molar-refractivity contribution in [2.24, 2.45) is 0 Å². The van der Waals surface area contributed by atoms with Gasteiger partial charge in [0, 0.05) is 13.7 Å². The van der Waals surface area contributed by atoms with Gasteiger partial charge in [-0.05, 0) is 12.8 Å². The van der Waals surface area contributed by atoms with E-state index in [-0.39, 0.29) is 36.2 Å². The van der Waals surface area contributed by atoms with Crippen molar-refractivity contribution in [1.29, 1.82) is 5.41 Å². The Bertz CT molecular complexity index is 460. The van der Waals surface area contributed by atoms with Crippen molar-refractivity contribution in [2.45, 2.75) is 18.4 Å². The average Bonchev–Trinajstić information content (AvgIpc) is 2.53. The number of nitrogens with zero attached hydrogens (tertiary/aromatic N) is 1. The fourth-order valence-electron chi connectivity index (χ4n) is 2.51. The molecule has 2 amide bonds. The molecular formula is C10H17N3O4S. The molecule has 0 aromatic rings. The van der Waals surface area contributed by atoms with Gasteiger partial charge in [0.1, 0.15) is 11.4 Å². The van der Waals surface area contributed by atoms with Crippen LogP contribution < -0.4 is 5.32 Å². The van der Waals surface area contributed by atoms with Crippen molar-refractivity contribution in [2.75, 3.05) is 31.8 Å². The lowest BCUT2D eigenvalue weighted by Gasteiger charge is -2.39. The lowest BCUT2D eigenvalue weighted by Crippen LogP contribution is -2.55. The van der Waals surface area contributed by atoms with Crippen LogP contribution in [0.1, 0.15) is 12.8 Å². The van der Waals surface area contributed by atoms with Gasteiger partial charge in [-0.15, -0.1) is 0 Å². The molecule has 102 valence electrons. The first-order valence-electron chi connectivity index (χ1n) is 5.78. The Balaban J connectivity index is 2.22. The molecule has 2 fully saturated rings. The molecule has 1 spiro atoms. The normalized spacial score (nSPS) is 25.5. The van der Waals surface area contributed by atoms with Gasteiger partial charge in [0.2, 0.25) is 0 Å². The number of amidine groups is 1. The fourth-order valence-corrected chi connectivity index (χ4v) is 4.02. The van der Waals surface area contributed by atoms with Gasteiger partial charge in [-0.25, -0.2) is 13.2 Å². The van der Waals surface area contributed by atoms with E-state index in [1.54, 1.807) is 0 Å². The van der Waals surface area contributed by atoms with Gasteiger partial charge in [-0.3, -0.25) is 10.7 Å². The number of rotatable bonds is 3. The van der Waals surface area contributed by atoms with Crippen LogP contribution in [0.25, 0.3) is 0 Å². The van der Waals surface area contributed by atoms with E-state index < -0.39 is 15.4 Å². The van der Waals surface area contributed by atoms with Crippen molar-refractivity contribution in [3.8, 4) is 0 Å². The summed E-state index contributed by atoms with van der Waals surface area (Å²) < 4.78 is 27.9. The maximum atomic E-state index is 11.8. The van der Waals surface area contributed by atoms with Crippen molar-refractivity contribution in [3.63, 3.8) is 0 Å². The minimum atomic E-state index is -3.02. The first kappa shape index (κ1) is 13.3. The summed E-state index contributed by atoms with van der Waals surface area (Å²) >= 11 is 0. The summed E-state index contributed by atoms with van der Waals surface area (Å²) in [5.41, 5.74) is -0.777. The summed E-state index contributed by atoms with van der Waals surface area (Å²) in [6.07, 6.45) is 0.577. The Morgan fingerprint density at radius 3 is 2.61 bits per heavy atom. The Kier molecular flexibility index (Phi) is 3.33. The zero-order valence-electron chi connectivity index (χ0n) is 10.2. The van der Waals surface area contributed by atoms with E-state index in [1.807, 2.05) is 0 Å². The summed E-state index contributed by atoms with van der Waals surface area (Å²) in [5.74, 6) is 0.153. The molecule has 0 saturated carbocycles. The van der Waals surface area contributed by atoms with Gasteiger partial charge in [0.15, 0.2) is 9.84 Å². The maximum absolute atomic E-state index is 11.8. The average molecular weight is 275 g/mol. The first-order valence-corrected chi connectivity index (χ1v) is 7.60. The summed E-state index contributed by atoms with van der Waals surface area (Å²) in [7, 11) is -1.49. The summed E-state index contributed by atoms with van der Waals surface area (Å²) in [6.45, 7) is 0.736. The highest BCUT2D eigenvalue weighted by molar-refractivity contribution is 7.91. The summed E-state index contributed by atoms with van der Waals surface area (Å²) in [5, 5.41) is 10.4. The van der Waals surface area contributed by atoms with Crippen LogP contribution in [0.3, 0.4) is 0 Å². The predicted molar refractivity (Wildman–Crippen MR) is 65.5 cm³/mol.